The minimum Gasteiger partial charge on any atom is -0.303 e. The molecule has 0 saturated heterocycles. The molecule has 7 heteroatoms. The summed E-state index contributed by atoms with van der Waals surface area (Å²) in [7, 11) is 0. The van der Waals surface area contributed by atoms with Crippen molar-refractivity contribution in [3.05, 3.63) is 181 Å². The molecule has 0 aliphatic heterocycles. The topological polar surface area (TPSA) is 76.7 Å². The summed E-state index contributed by atoms with van der Waals surface area (Å²) < 4.78 is 4.36. The van der Waals surface area contributed by atoms with E-state index < -0.39 is 0 Å². The third-order valence-corrected chi connectivity index (χ3v) is 12.5. The number of hydrogen-bond donors (Lipinski definition) is 0. The van der Waals surface area contributed by atoms with Crippen LogP contribution in [0.15, 0.2) is 164 Å². The molecule has 5 aromatic heterocycles. The lowest BCUT2D eigenvalue weighted by Crippen LogP contribution is -2.09. The highest BCUT2D eigenvalue weighted by molar-refractivity contribution is 6.35. The first kappa shape index (κ1) is 32.4. The zero-order valence-corrected chi connectivity index (χ0v) is 31.7. The van der Waals surface area contributed by atoms with E-state index in [-0.39, 0.29) is 0 Å². The van der Waals surface area contributed by atoms with Gasteiger partial charge in [-0.1, -0.05) is 109 Å². The summed E-state index contributed by atoms with van der Waals surface area (Å²) >= 11 is 0. The molecule has 0 spiro atoms. The minimum atomic E-state index is 0.367. The van der Waals surface area contributed by atoms with Crippen LogP contribution in [0.1, 0.15) is 5.56 Å². The van der Waals surface area contributed by atoms with Crippen molar-refractivity contribution in [1.82, 2.24) is 24.1 Å². The average Bonchev–Trinajstić information content (AvgIpc) is 3.84. The number of rotatable bonds is 4. The van der Waals surface area contributed by atoms with Gasteiger partial charge in [0.2, 0.25) is 5.69 Å². The van der Waals surface area contributed by atoms with Crippen molar-refractivity contribution < 1.29 is 0 Å². The van der Waals surface area contributed by atoms with E-state index in [2.05, 4.69) is 116 Å². The van der Waals surface area contributed by atoms with E-state index in [9.17, 15) is 5.26 Å². The monoisotopic (exact) mass is 761 g/mol. The SMILES string of the molecule is [C-]#[N+]c1c(-c2ccccc2)c(C#N)c(-n2c3cccc4c5ccncc5c5ccnc2c5c43)c(-c2ccccc2)c1-n1c2cccc3c4ccccc4c4ccnc1c4c32. The molecule has 0 fully saturated rings. The number of nitrogens with zero attached hydrogens (tertiary/aromatic N) is 7. The lowest BCUT2D eigenvalue weighted by atomic mass is 9.88. The van der Waals surface area contributed by atoms with Gasteiger partial charge in [0, 0.05) is 62.8 Å². The van der Waals surface area contributed by atoms with Crippen LogP contribution in [-0.2, 0) is 0 Å². The summed E-state index contributed by atoms with van der Waals surface area (Å²) in [5.41, 5.74) is 8.28. The summed E-state index contributed by atoms with van der Waals surface area (Å²) in [6.45, 7) is 9.13. The second kappa shape index (κ2) is 11.9. The Balaban J connectivity index is 1.33. The Morgan fingerprint density at radius 1 is 0.467 bits per heavy atom. The van der Waals surface area contributed by atoms with Crippen LogP contribution in [0.3, 0.4) is 0 Å². The Kier molecular flexibility index (Phi) is 6.45. The highest BCUT2D eigenvalue weighted by Crippen LogP contribution is 2.54. The Morgan fingerprint density at radius 3 is 1.53 bits per heavy atom. The quantitative estimate of drug-likeness (QED) is 0.132. The van der Waals surface area contributed by atoms with Gasteiger partial charge in [-0.3, -0.25) is 9.55 Å². The van der Waals surface area contributed by atoms with Gasteiger partial charge in [0.25, 0.3) is 0 Å². The second-order valence-electron chi connectivity index (χ2n) is 15.3. The van der Waals surface area contributed by atoms with Crippen LogP contribution < -0.4 is 0 Å². The van der Waals surface area contributed by atoms with Crippen molar-refractivity contribution in [2.45, 2.75) is 0 Å². The molecule has 60 heavy (non-hydrogen) atoms. The Hall–Kier alpha value is -8.65. The van der Waals surface area contributed by atoms with Gasteiger partial charge < -0.3 is 4.57 Å². The molecule has 8 aromatic carbocycles. The Morgan fingerprint density at radius 2 is 0.950 bits per heavy atom. The number of nitriles is 1. The van der Waals surface area contributed by atoms with E-state index in [4.69, 9.17) is 16.5 Å². The molecule has 0 radical (unpaired) electrons. The number of hydrogen-bond acceptors (Lipinski definition) is 4. The van der Waals surface area contributed by atoms with Crippen molar-refractivity contribution in [3.63, 3.8) is 0 Å². The smallest absolute Gasteiger partial charge is 0.220 e. The van der Waals surface area contributed by atoms with Gasteiger partial charge in [-0.05, 0) is 79.2 Å². The van der Waals surface area contributed by atoms with E-state index in [0.29, 0.717) is 28.2 Å². The Labute approximate surface area is 341 Å². The molecule has 0 bridgehead atoms. The van der Waals surface area contributed by atoms with Gasteiger partial charge in [0.15, 0.2) is 0 Å². The fraction of sp³-hybridized carbons (Fsp3) is 0. The van der Waals surface area contributed by atoms with Crippen LogP contribution >= 0.6 is 0 Å². The van der Waals surface area contributed by atoms with Crippen molar-refractivity contribution in [2.24, 2.45) is 0 Å². The molecule has 0 saturated carbocycles. The lowest BCUT2D eigenvalue weighted by Gasteiger charge is -2.25. The van der Waals surface area contributed by atoms with Gasteiger partial charge in [0.05, 0.1) is 34.5 Å². The summed E-state index contributed by atoms with van der Waals surface area (Å²) in [6, 6.07) is 50.3. The van der Waals surface area contributed by atoms with Gasteiger partial charge >= 0.3 is 0 Å². The summed E-state index contributed by atoms with van der Waals surface area (Å²) in [4.78, 5) is 19.3. The first-order chi connectivity index (χ1) is 29.8. The van der Waals surface area contributed by atoms with Crippen LogP contribution in [0.5, 0.6) is 0 Å². The maximum atomic E-state index is 11.7. The fourth-order valence-corrected chi connectivity index (χ4v) is 10.2. The summed E-state index contributed by atoms with van der Waals surface area (Å²) in [5, 5.41) is 24.6. The fourth-order valence-electron chi connectivity index (χ4n) is 10.2. The molecule has 5 heterocycles. The van der Waals surface area contributed by atoms with Crippen molar-refractivity contribution >= 4 is 92.6 Å². The van der Waals surface area contributed by atoms with Crippen LogP contribution in [-0.4, -0.2) is 24.1 Å². The predicted molar refractivity (Wildman–Crippen MR) is 243 cm³/mol. The van der Waals surface area contributed by atoms with Crippen molar-refractivity contribution in [1.29, 1.82) is 5.26 Å². The standard InChI is InChI=1S/C53H27N7/c1-55-49-43(30-12-4-2-5-13-30)39(28-54)50(59-41-20-11-19-36-34-22-25-56-29-40(34)38-24-27-57-52(59)48(38)46(36)41)44(31-14-6-3-7-15-31)51(49)60-42-21-10-18-35-32-16-8-9-17-33(32)37-23-26-58-53(60)47(37)45(35)42/h2-27,29H. The Bertz CT molecular complexity index is 3620. The largest absolute Gasteiger partial charge is 0.303 e. The molecule has 0 aliphatic carbocycles. The molecule has 274 valence electrons. The van der Waals surface area contributed by atoms with Gasteiger partial charge in [-0.2, -0.15) is 5.26 Å². The zero-order chi connectivity index (χ0) is 39.6. The maximum Gasteiger partial charge on any atom is 0.220 e. The first-order valence-corrected chi connectivity index (χ1v) is 19.8. The molecule has 0 aliphatic rings. The van der Waals surface area contributed by atoms with Crippen LogP contribution in [0, 0.1) is 17.9 Å². The first-order valence-electron chi connectivity index (χ1n) is 19.8. The van der Waals surface area contributed by atoms with Crippen LogP contribution in [0.2, 0.25) is 0 Å². The third kappa shape index (κ3) is 4.02. The molecular formula is C53H27N7. The number of fused-ring (bicyclic) bond motifs is 6. The molecule has 13 rings (SSSR count). The molecule has 13 aromatic rings. The van der Waals surface area contributed by atoms with Crippen LogP contribution in [0.4, 0.5) is 5.69 Å². The molecule has 7 nitrogen and oxygen atoms in total. The van der Waals surface area contributed by atoms with Gasteiger partial charge in [-0.15, -0.1) is 0 Å². The van der Waals surface area contributed by atoms with E-state index >= 15 is 0 Å². The molecule has 0 atom stereocenters. The van der Waals surface area contributed by atoms with Gasteiger partial charge in [0.1, 0.15) is 17.4 Å². The summed E-state index contributed by atoms with van der Waals surface area (Å²) in [5.74, 6) is 0. The van der Waals surface area contributed by atoms with E-state index in [0.717, 1.165) is 104 Å². The predicted octanol–water partition coefficient (Wildman–Crippen LogP) is 13.3. The van der Waals surface area contributed by atoms with Gasteiger partial charge in [-0.25, -0.2) is 14.8 Å². The average molecular weight is 762 g/mol. The van der Waals surface area contributed by atoms with Crippen LogP contribution in [0.25, 0.3) is 125 Å². The summed E-state index contributed by atoms with van der Waals surface area (Å²) in [6.07, 6.45) is 7.49. The number of benzene rings is 8. The lowest BCUT2D eigenvalue weighted by molar-refractivity contribution is 1.10. The van der Waals surface area contributed by atoms with E-state index in [1.165, 1.54) is 0 Å². The van der Waals surface area contributed by atoms with Crippen molar-refractivity contribution in [2.75, 3.05) is 0 Å². The normalized spacial score (nSPS) is 12.0. The van der Waals surface area contributed by atoms with Crippen molar-refractivity contribution in [3.8, 4) is 39.7 Å². The highest BCUT2D eigenvalue weighted by Gasteiger charge is 2.33. The minimum absolute atomic E-state index is 0.367. The van der Waals surface area contributed by atoms with E-state index in [1.807, 2.05) is 73.3 Å². The molecule has 0 amide bonds. The zero-order valence-electron chi connectivity index (χ0n) is 31.7. The molecular weight excluding hydrogens is 735 g/mol. The molecule has 0 unspecified atom stereocenters. The highest BCUT2D eigenvalue weighted by atomic mass is 15.1. The van der Waals surface area contributed by atoms with E-state index in [1.54, 1.807) is 0 Å². The third-order valence-electron chi connectivity index (χ3n) is 12.5. The molecule has 0 N–H and O–H groups in total. The number of aromatic nitrogens is 5. The maximum absolute atomic E-state index is 11.7. The number of pyridine rings is 3. The second-order valence-corrected chi connectivity index (χ2v) is 15.3.